The Morgan fingerprint density at radius 2 is 1.80 bits per heavy atom. The minimum absolute atomic E-state index is 0.0161. The van der Waals surface area contributed by atoms with Gasteiger partial charge in [-0.2, -0.15) is 0 Å². The third kappa shape index (κ3) is 4.53. The molecule has 2 aliphatic heterocycles. The highest BCUT2D eigenvalue weighted by molar-refractivity contribution is 5.82. The third-order valence-electron chi connectivity index (χ3n) is 6.82. The number of para-hydroxylation sites is 1. The number of piperazine rings is 1. The number of nitro benzene ring substituents is 1. The zero-order valence-electron chi connectivity index (χ0n) is 18.9. The molecule has 1 amide bonds. The van der Waals surface area contributed by atoms with Crippen LogP contribution in [0, 0.1) is 27.7 Å². The van der Waals surface area contributed by atoms with E-state index < -0.39 is 10.8 Å². The molecule has 7 nitrogen and oxygen atoms in total. The van der Waals surface area contributed by atoms with Gasteiger partial charge in [0.2, 0.25) is 5.91 Å². The first-order valence-corrected chi connectivity index (χ1v) is 11.5. The van der Waals surface area contributed by atoms with E-state index in [2.05, 4.69) is 10.2 Å². The molecule has 2 atom stereocenters. The molecule has 0 radical (unpaired) electrons. The first-order chi connectivity index (χ1) is 16.9. The van der Waals surface area contributed by atoms with Crippen molar-refractivity contribution in [2.75, 3.05) is 29.4 Å². The number of rotatable bonds is 5. The van der Waals surface area contributed by atoms with Crippen LogP contribution in [0.5, 0.6) is 0 Å². The van der Waals surface area contributed by atoms with Gasteiger partial charge in [0, 0.05) is 44.0 Å². The van der Waals surface area contributed by atoms with Crippen molar-refractivity contribution in [1.29, 1.82) is 0 Å². The fraction of sp³-hybridized carbons (Fsp3) is 0.269. The summed E-state index contributed by atoms with van der Waals surface area (Å²) in [5.41, 5.74) is 2.86. The Bertz CT molecular complexity index is 1270. The van der Waals surface area contributed by atoms with Gasteiger partial charge in [-0.1, -0.05) is 24.3 Å². The SMILES string of the molecule is O=C(NCc1ccc(F)cc1)[C@@H]1Cc2cc([N+](=O)[O-])ccc2N2CCN(c3ccccc3F)C[C@H]12. The fourth-order valence-electron chi connectivity index (χ4n) is 5.07. The van der Waals surface area contributed by atoms with E-state index >= 15 is 0 Å². The van der Waals surface area contributed by atoms with Crippen molar-refractivity contribution in [3.63, 3.8) is 0 Å². The summed E-state index contributed by atoms with van der Waals surface area (Å²) >= 11 is 0. The first-order valence-electron chi connectivity index (χ1n) is 11.5. The Labute approximate surface area is 201 Å². The molecule has 35 heavy (non-hydrogen) atoms. The van der Waals surface area contributed by atoms with Crippen LogP contribution in [0.25, 0.3) is 0 Å². The van der Waals surface area contributed by atoms with Crippen molar-refractivity contribution < 1.29 is 18.5 Å². The van der Waals surface area contributed by atoms with Crippen LogP contribution in [0.4, 0.5) is 25.8 Å². The van der Waals surface area contributed by atoms with Crippen LogP contribution in [0.15, 0.2) is 66.7 Å². The van der Waals surface area contributed by atoms with Crippen molar-refractivity contribution in [1.82, 2.24) is 5.32 Å². The maximum absolute atomic E-state index is 14.5. The number of amides is 1. The van der Waals surface area contributed by atoms with Crippen molar-refractivity contribution in [2.45, 2.75) is 19.0 Å². The molecule has 1 fully saturated rings. The fourth-order valence-corrected chi connectivity index (χ4v) is 5.07. The molecule has 0 spiro atoms. The number of carbonyl (C=O) groups is 1. The highest BCUT2D eigenvalue weighted by atomic mass is 19.1. The van der Waals surface area contributed by atoms with Gasteiger partial charge in [0.05, 0.1) is 22.6 Å². The van der Waals surface area contributed by atoms with E-state index in [9.17, 15) is 23.7 Å². The van der Waals surface area contributed by atoms with Crippen LogP contribution in [-0.2, 0) is 17.8 Å². The van der Waals surface area contributed by atoms with Gasteiger partial charge in [-0.25, -0.2) is 8.78 Å². The van der Waals surface area contributed by atoms with E-state index in [1.807, 2.05) is 4.90 Å². The number of carbonyl (C=O) groups excluding carboxylic acids is 1. The zero-order valence-corrected chi connectivity index (χ0v) is 18.9. The average molecular weight is 478 g/mol. The maximum atomic E-state index is 14.5. The summed E-state index contributed by atoms with van der Waals surface area (Å²) in [6, 6.07) is 17.0. The third-order valence-corrected chi connectivity index (χ3v) is 6.82. The largest absolute Gasteiger partial charge is 0.365 e. The predicted octanol–water partition coefficient (Wildman–Crippen LogP) is 4.06. The molecule has 1 N–H and O–H groups in total. The van der Waals surface area contributed by atoms with Crippen LogP contribution in [0.3, 0.4) is 0 Å². The molecule has 0 saturated carbocycles. The van der Waals surface area contributed by atoms with Crippen LogP contribution in [0.2, 0.25) is 0 Å². The van der Waals surface area contributed by atoms with E-state index in [1.54, 1.807) is 36.4 Å². The molecular weight excluding hydrogens is 454 g/mol. The maximum Gasteiger partial charge on any atom is 0.269 e. The Kier molecular flexibility index (Phi) is 6.07. The summed E-state index contributed by atoms with van der Waals surface area (Å²) in [6.45, 7) is 1.77. The monoisotopic (exact) mass is 478 g/mol. The highest BCUT2D eigenvalue weighted by Gasteiger charge is 2.42. The minimum Gasteiger partial charge on any atom is -0.365 e. The standard InChI is InChI=1S/C26H24F2N4O3/c27-19-7-5-17(6-8-19)15-29-26(33)21-14-18-13-20(32(34)35)9-10-23(18)31-12-11-30(16-25(21)31)24-4-2-1-3-22(24)28/h1-10,13,21,25H,11-12,14-16H2,(H,29,33)/t21-,25-/m1/s1. The zero-order chi connectivity index (χ0) is 24.5. The predicted molar refractivity (Wildman–Crippen MR) is 128 cm³/mol. The lowest BCUT2D eigenvalue weighted by molar-refractivity contribution is -0.384. The molecule has 0 unspecified atom stereocenters. The number of non-ortho nitro benzene ring substituents is 1. The second-order valence-electron chi connectivity index (χ2n) is 8.88. The van der Waals surface area contributed by atoms with E-state index in [4.69, 9.17) is 0 Å². The second kappa shape index (κ2) is 9.32. The molecule has 2 aliphatic rings. The summed E-state index contributed by atoms with van der Waals surface area (Å²) in [5.74, 6) is -1.36. The van der Waals surface area contributed by atoms with E-state index in [0.29, 0.717) is 31.7 Å². The van der Waals surface area contributed by atoms with Crippen molar-refractivity contribution in [3.8, 4) is 0 Å². The van der Waals surface area contributed by atoms with Gasteiger partial charge in [-0.3, -0.25) is 14.9 Å². The van der Waals surface area contributed by atoms with E-state index in [-0.39, 0.29) is 35.8 Å². The molecular formula is C26H24F2N4O3. The van der Waals surface area contributed by atoms with Gasteiger partial charge >= 0.3 is 0 Å². The molecule has 5 rings (SSSR count). The van der Waals surface area contributed by atoms with Gasteiger partial charge in [-0.15, -0.1) is 0 Å². The Morgan fingerprint density at radius 1 is 1.03 bits per heavy atom. The van der Waals surface area contributed by atoms with Gasteiger partial charge < -0.3 is 15.1 Å². The van der Waals surface area contributed by atoms with E-state index in [1.165, 1.54) is 30.3 Å². The van der Waals surface area contributed by atoms with Crippen LogP contribution >= 0.6 is 0 Å². The van der Waals surface area contributed by atoms with Gasteiger partial charge in [-0.05, 0) is 47.9 Å². The molecule has 0 aliphatic carbocycles. The number of benzene rings is 3. The number of nitrogens with zero attached hydrogens (tertiary/aromatic N) is 3. The summed E-state index contributed by atoms with van der Waals surface area (Å²) < 4.78 is 27.7. The molecule has 3 aromatic rings. The molecule has 9 heteroatoms. The lowest BCUT2D eigenvalue weighted by atomic mass is 9.83. The topological polar surface area (TPSA) is 78.7 Å². The first kappa shape index (κ1) is 22.8. The van der Waals surface area contributed by atoms with Crippen LogP contribution < -0.4 is 15.1 Å². The number of anilines is 2. The Morgan fingerprint density at radius 3 is 2.54 bits per heavy atom. The number of halogens is 2. The van der Waals surface area contributed by atoms with Crippen molar-refractivity contribution >= 4 is 23.0 Å². The number of fused-ring (bicyclic) bond motifs is 3. The lowest BCUT2D eigenvalue weighted by Gasteiger charge is -2.49. The summed E-state index contributed by atoms with van der Waals surface area (Å²) in [4.78, 5) is 28.4. The molecule has 3 aromatic carbocycles. The second-order valence-corrected chi connectivity index (χ2v) is 8.88. The lowest BCUT2D eigenvalue weighted by Crippen LogP contribution is -2.61. The molecule has 1 saturated heterocycles. The smallest absolute Gasteiger partial charge is 0.269 e. The van der Waals surface area contributed by atoms with Crippen molar-refractivity contribution in [3.05, 3.63) is 99.6 Å². The molecule has 180 valence electrons. The highest BCUT2D eigenvalue weighted by Crippen LogP contribution is 2.39. The summed E-state index contributed by atoms with van der Waals surface area (Å²) in [6.07, 6.45) is 0.332. The van der Waals surface area contributed by atoms with Crippen LogP contribution in [-0.4, -0.2) is 36.5 Å². The van der Waals surface area contributed by atoms with Crippen molar-refractivity contribution in [2.24, 2.45) is 5.92 Å². The normalized spacial score (nSPS) is 19.0. The summed E-state index contributed by atoms with van der Waals surface area (Å²) in [5, 5.41) is 14.3. The Balaban J connectivity index is 1.44. The summed E-state index contributed by atoms with van der Waals surface area (Å²) in [7, 11) is 0. The quantitative estimate of drug-likeness (QED) is 0.442. The number of hydrogen-bond acceptors (Lipinski definition) is 5. The van der Waals surface area contributed by atoms with Gasteiger partial charge in [0.25, 0.3) is 5.69 Å². The number of nitrogens with one attached hydrogen (secondary N) is 1. The van der Waals surface area contributed by atoms with Gasteiger partial charge in [0.1, 0.15) is 11.6 Å². The van der Waals surface area contributed by atoms with E-state index in [0.717, 1.165) is 16.8 Å². The minimum atomic E-state index is -0.500. The number of nitro groups is 1. The molecule has 2 heterocycles. The molecule has 0 bridgehead atoms. The average Bonchev–Trinajstić information content (AvgIpc) is 2.87. The molecule has 0 aromatic heterocycles. The Hall–Kier alpha value is -4.01. The number of hydrogen-bond donors (Lipinski definition) is 1. The van der Waals surface area contributed by atoms with Crippen LogP contribution in [0.1, 0.15) is 11.1 Å². The van der Waals surface area contributed by atoms with Gasteiger partial charge in [0.15, 0.2) is 0 Å².